The van der Waals surface area contributed by atoms with Crippen LogP contribution in [0.4, 0.5) is 0 Å². The topological polar surface area (TPSA) is 9.23 Å². The van der Waals surface area contributed by atoms with Crippen LogP contribution in [0.15, 0.2) is 0 Å². The molecule has 1 unspecified atom stereocenters. The Kier molecular flexibility index (Phi) is 3.99. The fourth-order valence-corrected chi connectivity index (χ4v) is 6.27. The van der Waals surface area contributed by atoms with Gasteiger partial charge < -0.3 is 4.43 Å². The smallest absolute Gasteiger partial charge is 0.184 e. The van der Waals surface area contributed by atoms with Crippen molar-refractivity contribution in [3.8, 4) is 0 Å². The molecule has 1 aliphatic rings. The third kappa shape index (κ3) is 3.10. The zero-order valence-electron chi connectivity index (χ0n) is 9.60. The molecule has 1 atom stereocenters. The second-order valence-corrected chi connectivity index (χ2v) is 9.41. The van der Waals surface area contributed by atoms with E-state index in [9.17, 15) is 0 Å². The lowest BCUT2D eigenvalue weighted by Gasteiger charge is -2.36. The zero-order chi connectivity index (χ0) is 9.90. The van der Waals surface area contributed by atoms with Crippen molar-refractivity contribution in [2.75, 3.05) is 7.11 Å². The fourth-order valence-electron chi connectivity index (χ4n) is 2.69. The van der Waals surface area contributed by atoms with Gasteiger partial charge in [0, 0.05) is 7.11 Å². The Bertz CT molecular complexity index is 145. The second kappa shape index (κ2) is 4.60. The van der Waals surface area contributed by atoms with Gasteiger partial charge in [0.2, 0.25) is 0 Å². The van der Waals surface area contributed by atoms with Gasteiger partial charge in [-0.15, -0.1) is 0 Å². The third-order valence-electron chi connectivity index (χ3n) is 3.19. The minimum Gasteiger partial charge on any atom is -0.422 e. The van der Waals surface area contributed by atoms with Crippen LogP contribution < -0.4 is 0 Å². The summed E-state index contributed by atoms with van der Waals surface area (Å²) in [5.74, 6) is 0. The van der Waals surface area contributed by atoms with Crippen LogP contribution in [0.25, 0.3) is 0 Å². The third-order valence-corrected chi connectivity index (χ3v) is 6.92. The molecule has 1 saturated carbocycles. The summed E-state index contributed by atoms with van der Waals surface area (Å²) in [5, 5.41) is 0.441. The van der Waals surface area contributed by atoms with Gasteiger partial charge >= 0.3 is 0 Å². The first-order valence-electron chi connectivity index (χ1n) is 5.58. The predicted octanol–water partition coefficient (Wildman–Crippen LogP) is 3.49. The van der Waals surface area contributed by atoms with Crippen LogP contribution in [0, 0.1) is 0 Å². The van der Waals surface area contributed by atoms with E-state index in [-0.39, 0.29) is 0 Å². The summed E-state index contributed by atoms with van der Waals surface area (Å²) in [6, 6.07) is 0. The van der Waals surface area contributed by atoms with Gasteiger partial charge in [-0.05, 0) is 10.6 Å². The van der Waals surface area contributed by atoms with Crippen molar-refractivity contribution < 1.29 is 4.43 Å². The summed E-state index contributed by atoms with van der Waals surface area (Å²) in [4.78, 5) is 0. The molecule has 0 heterocycles. The fraction of sp³-hybridized carbons (Fsp3) is 1.00. The molecule has 0 spiro atoms. The van der Waals surface area contributed by atoms with E-state index in [0.717, 1.165) is 5.54 Å². The molecule has 2 heteroatoms. The van der Waals surface area contributed by atoms with Crippen LogP contribution in [0.3, 0.4) is 0 Å². The molecular weight excluding hydrogens is 176 g/mol. The summed E-state index contributed by atoms with van der Waals surface area (Å²) in [6.07, 6.45) is 7.19. The molecule has 1 nitrogen and oxygen atoms in total. The quantitative estimate of drug-likeness (QED) is 0.620. The van der Waals surface area contributed by atoms with Crippen LogP contribution in [0.5, 0.6) is 0 Å². The Balaban J connectivity index is 2.54. The van der Waals surface area contributed by atoms with Gasteiger partial charge in [-0.1, -0.05) is 52.9 Å². The maximum atomic E-state index is 5.79. The minimum atomic E-state index is -0.983. The first-order valence-corrected chi connectivity index (χ1v) is 7.30. The van der Waals surface area contributed by atoms with Crippen molar-refractivity contribution in [2.45, 2.75) is 63.5 Å². The molecule has 1 aliphatic carbocycles. The lowest BCUT2D eigenvalue weighted by molar-refractivity contribution is 0.352. The van der Waals surface area contributed by atoms with Gasteiger partial charge in [-0.25, -0.2) is 0 Å². The van der Waals surface area contributed by atoms with Crippen LogP contribution in [-0.4, -0.2) is 16.2 Å². The largest absolute Gasteiger partial charge is 0.422 e. The summed E-state index contributed by atoms with van der Waals surface area (Å²) in [5.41, 5.74) is 0.943. The van der Waals surface area contributed by atoms with Crippen molar-refractivity contribution >= 4 is 9.04 Å². The molecule has 0 aromatic rings. The molecule has 0 amide bonds. The molecule has 0 aromatic heterocycles. The van der Waals surface area contributed by atoms with E-state index in [2.05, 4.69) is 20.8 Å². The van der Waals surface area contributed by atoms with Gasteiger partial charge in [0.15, 0.2) is 9.04 Å². The molecule has 0 N–H and O–H groups in total. The van der Waals surface area contributed by atoms with Crippen LogP contribution in [0.1, 0.15) is 52.9 Å². The van der Waals surface area contributed by atoms with E-state index in [4.69, 9.17) is 4.43 Å². The SMILES string of the molecule is CO[SiH](C1CCCCC1)C(C)(C)C. The predicted molar refractivity (Wildman–Crippen MR) is 60.7 cm³/mol. The highest BCUT2D eigenvalue weighted by Crippen LogP contribution is 2.41. The summed E-state index contributed by atoms with van der Waals surface area (Å²) in [6.45, 7) is 7.05. The molecule has 0 aliphatic heterocycles. The number of hydrogen-bond donors (Lipinski definition) is 0. The summed E-state index contributed by atoms with van der Waals surface area (Å²) >= 11 is 0. The Morgan fingerprint density at radius 2 is 1.62 bits per heavy atom. The van der Waals surface area contributed by atoms with E-state index in [0.29, 0.717) is 5.04 Å². The summed E-state index contributed by atoms with van der Waals surface area (Å²) < 4.78 is 5.79. The van der Waals surface area contributed by atoms with Gasteiger partial charge in [-0.2, -0.15) is 0 Å². The monoisotopic (exact) mass is 200 g/mol. The van der Waals surface area contributed by atoms with E-state index in [1.807, 2.05) is 7.11 Å². The normalized spacial score (nSPS) is 23.1. The van der Waals surface area contributed by atoms with E-state index < -0.39 is 9.04 Å². The molecule has 1 fully saturated rings. The summed E-state index contributed by atoms with van der Waals surface area (Å²) in [7, 11) is 0.945. The highest BCUT2D eigenvalue weighted by molar-refractivity contribution is 6.57. The van der Waals surface area contributed by atoms with Crippen molar-refractivity contribution in [1.82, 2.24) is 0 Å². The Morgan fingerprint density at radius 1 is 1.08 bits per heavy atom. The van der Waals surface area contributed by atoms with Crippen molar-refractivity contribution in [1.29, 1.82) is 0 Å². The molecule has 0 aromatic carbocycles. The van der Waals surface area contributed by atoms with Crippen molar-refractivity contribution in [2.24, 2.45) is 0 Å². The minimum absolute atomic E-state index is 0.441. The van der Waals surface area contributed by atoms with Gasteiger partial charge in [-0.3, -0.25) is 0 Å². The van der Waals surface area contributed by atoms with Gasteiger partial charge in [0.05, 0.1) is 0 Å². The average molecular weight is 200 g/mol. The van der Waals surface area contributed by atoms with Crippen molar-refractivity contribution in [3.05, 3.63) is 0 Å². The molecule has 0 bridgehead atoms. The highest BCUT2D eigenvalue weighted by atomic mass is 28.3. The first kappa shape index (κ1) is 11.3. The zero-order valence-corrected chi connectivity index (χ0v) is 10.8. The van der Waals surface area contributed by atoms with Crippen LogP contribution in [0.2, 0.25) is 10.6 Å². The second-order valence-electron chi connectivity index (χ2n) is 5.42. The van der Waals surface area contributed by atoms with E-state index in [1.165, 1.54) is 32.1 Å². The van der Waals surface area contributed by atoms with Crippen LogP contribution in [-0.2, 0) is 4.43 Å². The van der Waals surface area contributed by atoms with Gasteiger partial charge in [0.1, 0.15) is 0 Å². The highest BCUT2D eigenvalue weighted by Gasteiger charge is 2.34. The van der Waals surface area contributed by atoms with E-state index >= 15 is 0 Å². The molecule has 13 heavy (non-hydrogen) atoms. The lowest BCUT2D eigenvalue weighted by Crippen LogP contribution is -2.34. The van der Waals surface area contributed by atoms with Crippen LogP contribution >= 0.6 is 0 Å². The standard InChI is InChI=1S/C11H24OSi/c1-11(2,3)13(12-4)10-8-6-5-7-9-10/h10,13H,5-9H2,1-4H3. The van der Waals surface area contributed by atoms with Gasteiger partial charge in [0.25, 0.3) is 0 Å². The lowest BCUT2D eigenvalue weighted by atomic mass is 10.0. The molecular formula is C11H24OSi. The number of rotatable bonds is 2. The molecule has 0 radical (unpaired) electrons. The Labute approximate surface area is 84.6 Å². The van der Waals surface area contributed by atoms with Crippen molar-refractivity contribution in [3.63, 3.8) is 0 Å². The molecule has 78 valence electrons. The maximum Gasteiger partial charge on any atom is 0.184 e. The maximum absolute atomic E-state index is 5.79. The Morgan fingerprint density at radius 3 is 2.00 bits per heavy atom. The average Bonchev–Trinajstić information content (AvgIpc) is 2.05. The number of hydrogen-bond acceptors (Lipinski definition) is 1. The molecule has 0 saturated heterocycles. The Hall–Kier alpha value is 0.177. The first-order chi connectivity index (χ1) is 6.05. The molecule has 1 rings (SSSR count). The van der Waals surface area contributed by atoms with E-state index in [1.54, 1.807) is 0 Å².